The standard InChI is InChI=1S/C11H14ClN3O/c1-14(2)5-6-15-7-9-8(11(15)16)3-4-10(12)13-9/h3-4H,5-7H2,1-2H3. The number of pyridine rings is 1. The maximum absolute atomic E-state index is 11.9. The summed E-state index contributed by atoms with van der Waals surface area (Å²) in [4.78, 5) is 20.0. The molecule has 1 aliphatic rings. The van der Waals surface area contributed by atoms with Gasteiger partial charge in [0.2, 0.25) is 0 Å². The van der Waals surface area contributed by atoms with Crippen molar-refractivity contribution >= 4 is 17.5 Å². The summed E-state index contributed by atoms with van der Waals surface area (Å²) in [6, 6.07) is 3.41. The lowest BCUT2D eigenvalue weighted by Gasteiger charge is -2.18. The lowest BCUT2D eigenvalue weighted by Crippen LogP contribution is -2.31. The van der Waals surface area contributed by atoms with E-state index in [2.05, 4.69) is 9.88 Å². The van der Waals surface area contributed by atoms with Gasteiger partial charge in [0.1, 0.15) is 5.15 Å². The Morgan fingerprint density at radius 2 is 2.25 bits per heavy atom. The Bertz CT molecular complexity index is 420. The SMILES string of the molecule is CN(C)CCN1Cc2nc(Cl)ccc2C1=O. The Kier molecular flexibility index (Phi) is 3.12. The van der Waals surface area contributed by atoms with Crippen molar-refractivity contribution in [1.29, 1.82) is 0 Å². The summed E-state index contributed by atoms with van der Waals surface area (Å²) in [5.74, 6) is 0.0565. The zero-order valence-corrected chi connectivity index (χ0v) is 10.2. The second kappa shape index (κ2) is 4.39. The number of halogens is 1. The van der Waals surface area contributed by atoms with Gasteiger partial charge in [0.25, 0.3) is 5.91 Å². The van der Waals surface area contributed by atoms with Gasteiger partial charge >= 0.3 is 0 Å². The van der Waals surface area contributed by atoms with Crippen molar-refractivity contribution < 1.29 is 4.79 Å². The fourth-order valence-corrected chi connectivity index (χ4v) is 1.88. The van der Waals surface area contributed by atoms with Gasteiger partial charge < -0.3 is 9.80 Å². The van der Waals surface area contributed by atoms with Crippen molar-refractivity contribution in [2.75, 3.05) is 27.2 Å². The number of carbonyl (C=O) groups is 1. The van der Waals surface area contributed by atoms with Crippen LogP contribution in [0.5, 0.6) is 0 Å². The highest BCUT2D eigenvalue weighted by Crippen LogP contribution is 2.22. The van der Waals surface area contributed by atoms with Gasteiger partial charge in [0.05, 0.1) is 17.8 Å². The first kappa shape index (κ1) is 11.4. The minimum absolute atomic E-state index is 0.0565. The fraction of sp³-hybridized carbons (Fsp3) is 0.455. The summed E-state index contributed by atoms with van der Waals surface area (Å²) in [7, 11) is 3.98. The second-order valence-corrected chi connectivity index (χ2v) is 4.55. The van der Waals surface area contributed by atoms with E-state index in [1.807, 2.05) is 14.1 Å². The molecule has 16 heavy (non-hydrogen) atoms. The van der Waals surface area contributed by atoms with Gasteiger partial charge in [-0.1, -0.05) is 11.6 Å². The molecule has 0 saturated carbocycles. The Hall–Kier alpha value is -1.13. The molecule has 1 aromatic heterocycles. The molecule has 0 atom stereocenters. The first-order valence-electron chi connectivity index (χ1n) is 5.17. The summed E-state index contributed by atoms with van der Waals surface area (Å²) in [5.41, 5.74) is 1.47. The van der Waals surface area contributed by atoms with Gasteiger partial charge in [-0.15, -0.1) is 0 Å². The molecule has 5 heteroatoms. The number of aromatic nitrogens is 1. The van der Waals surface area contributed by atoms with Gasteiger partial charge in [0.15, 0.2) is 0 Å². The average molecular weight is 240 g/mol. The van der Waals surface area contributed by atoms with Crippen LogP contribution in [0.4, 0.5) is 0 Å². The van der Waals surface area contributed by atoms with Crippen LogP contribution in [0.15, 0.2) is 12.1 Å². The van der Waals surface area contributed by atoms with Gasteiger partial charge in [-0.2, -0.15) is 0 Å². The molecule has 1 aliphatic heterocycles. The summed E-state index contributed by atoms with van der Waals surface area (Å²) < 4.78 is 0. The van der Waals surface area contributed by atoms with E-state index in [0.29, 0.717) is 17.3 Å². The van der Waals surface area contributed by atoms with Crippen molar-refractivity contribution in [2.24, 2.45) is 0 Å². The summed E-state index contributed by atoms with van der Waals surface area (Å²) >= 11 is 5.80. The number of nitrogens with zero attached hydrogens (tertiary/aromatic N) is 3. The van der Waals surface area contributed by atoms with Crippen LogP contribution in [-0.4, -0.2) is 47.9 Å². The molecule has 2 heterocycles. The Morgan fingerprint density at radius 1 is 1.50 bits per heavy atom. The van der Waals surface area contributed by atoms with Gasteiger partial charge in [-0.3, -0.25) is 4.79 Å². The highest BCUT2D eigenvalue weighted by molar-refractivity contribution is 6.29. The Balaban J connectivity index is 2.11. The minimum Gasteiger partial charge on any atom is -0.331 e. The van der Waals surface area contributed by atoms with Crippen molar-refractivity contribution in [3.8, 4) is 0 Å². The molecule has 86 valence electrons. The third-order valence-corrected chi connectivity index (χ3v) is 2.83. The molecule has 1 amide bonds. The van der Waals surface area contributed by atoms with E-state index in [9.17, 15) is 4.79 Å². The predicted molar refractivity (Wildman–Crippen MR) is 62.5 cm³/mol. The minimum atomic E-state index is 0.0565. The smallest absolute Gasteiger partial charge is 0.256 e. The van der Waals surface area contributed by atoms with Crippen LogP contribution >= 0.6 is 11.6 Å². The summed E-state index contributed by atoms with van der Waals surface area (Å²) in [6.45, 7) is 2.15. The van der Waals surface area contributed by atoms with Crippen LogP contribution in [0.2, 0.25) is 5.15 Å². The van der Waals surface area contributed by atoms with Crippen molar-refractivity contribution in [3.63, 3.8) is 0 Å². The van der Waals surface area contributed by atoms with E-state index < -0.39 is 0 Å². The van der Waals surface area contributed by atoms with Crippen molar-refractivity contribution in [3.05, 3.63) is 28.5 Å². The number of hydrogen-bond donors (Lipinski definition) is 0. The van der Waals surface area contributed by atoms with E-state index in [1.54, 1.807) is 17.0 Å². The van der Waals surface area contributed by atoms with Crippen molar-refractivity contribution in [1.82, 2.24) is 14.8 Å². The van der Waals surface area contributed by atoms with Crippen LogP contribution in [0.1, 0.15) is 16.1 Å². The molecule has 4 nitrogen and oxygen atoms in total. The van der Waals surface area contributed by atoms with Gasteiger partial charge in [-0.05, 0) is 26.2 Å². The highest BCUT2D eigenvalue weighted by Gasteiger charge is 2.28. The lowest BCUT2D eigenvalue weighted by atomic mass is 10.2. The summed E-state index contributed by atoms with van der Waals surface area (Å²) in [5, 5.41) is 0.445. The van der Waals surface area contributed by atoms with Crippen LogP contribution in [0.25, 0.3) is 0 Å². The molecule has 0 N–H and O–H groups in total. The number of amides is 1. The number of likely N-dealkylation sites (N-methyl/N-ethyl adjacent to an activating group) is 1. The maximum atomic E-state index is 11.9. The normalized spacial score (nSPS) is 14.8. The molecule has 0 aromatic carbocycles. The molecule has 0 saturated heterocycles. The number of hydrogen-bond acceptors (Lipinski definition) is 3. The molecule has 2 rings (SSSR count). The largest absolute Gasteiger partial charge is 0.331 e. The molecule has 0 bridgehead atoms. The van der Waals surface area contributed by atoms with E-state index in [0.717, 1.165) is 18.8 Å². The van der Waals surface area contributed by atoms with Crippen LogP contribution in [0, 0.1) is 0 Å². The van der Waals surface area contributed by atoms with Crippen molar-refractivity contribution in [2.45, 2.75) is 6.54 Å². The number of carbonyl (C=O) groups excluding carboxylic acids is 1. The molecule has 0 radical (unpaired) electrons. The third-order valence-electron chi connectivity index (χ3n) is 2.62. The van der Waals surface area contributed by atoms with Crippen LogP contribution in [0.3, 0.4) is 0 Å². The molecule has 0 aliphatic carbocycles. The maximum Gasteiger partial charge on any atom is 0.256 e. The van der Waals surface area contributed by atoms with Crippen LogP contribution in [-0.2, 0) is 6.54 Å². The topological polar surface area (TPSA) is 36.4 Å². The first-order chi connectivity index (χ1) is 7.58. The average Bonchev–Trinajstić information content (AvgIpc) is 2.52. The molecule has 0 unspecified atom stereocenters. The summed E-state index contributed by atoms with van der Waals surface area (Å²) in [6.07, 6.45) is 0. The zero-order chi connectivity index (χ0) is 11.7. The van der Waals surface area contributed by atoms with Gasteiger partial charge in [-0.25, -0.2) is 4.98 Å². The quantitative estimate of drug-likeness (QED) is 0.745. The molecular weight excluding hydrogens is 226 g/mol. The molecule has 0 spiro atoms. The van der Waals surface area contributed by atoms with Gasteiger partial charge in [0, 0.05) is 13.1 Å². The monoisotopic (exact) mass is 239 g/mol. The van der Waals surface area contributed by atoms with E-state index in [1.165, 1.54) is 0 Å². The Morgan fingerprint density at radius 3 is 2.94 bits per heavy atom. The third kappa shape index (κ3) is 2.18. The first-order valence-corrected chi connectivity index (χ1v) is 5.55. The van der Waals surface area contributed by atoms with Crippen LogP contribution < -0.4 is 0 Å². The predicted octanol–water partition coefficient (Wildman–Crippen LogP) is 1.25. The van der Waals surface area contributed by atoms with E-state index >= 15 is 0 Å². The zero-order valence-electron chi connectivity index (χ0n) is 9.40. The van der Waals surface area contributed by atoms with E-state index in [-0.39, 0.29) is 5.91 Å². The molecule has 0 fully saturated rings. The second-order valence-electron chi connectivity index (χ2n) is 4.16. The fourth-order valence-electron chi connectivity index (χ4n) is 1.71. The molecular formula is C11H14ClN3O. The van der Waals surface area contributed by atoms with E-state index in [4.69, 9.17) is 11.6 Å². The number of fused-ring (bicyclic) bond motifs is 1. The number of rotatable bonds is 3. The lowest BCUT2D eigenvalue weighted by molar-refractivity contribution is 0.0768. The highest BCUT2D eigenvalue weighted by atomic mass is 35.5. The Labute approximate surface area is 99.8 Å². The molecule has 1 aromatic rings.